The lowest BCUT2D eigenvalue weighted by molar-refractivity contribution is 0.248. The summed E-state index contributed by atoms with van der Waals surface area (Å²) < 4.78 is 0. The summed E-state index contributed by atoms with van der Waals surface area (Å²) >= 11 is 5.64. The molecule has 0 aliphatic carbocycles. The van der Waals surface area contributed by atoms with Gasteiger partial charge in [-0.25, -0.2) is 0 Å². The van der Waals surface area contributed by atoms with E-state index in [2.05, 4.69) is 29.4 Å². The molecule has 0 radical (unpaired) electrons. The molecule has 0 spiro atoms. The zero-order valence-corrected chi connectivity index (χ0v) is 10.5. The Morgan fingerprint density at radius 3 is 2.69 bits per heavy atom. The number of rotatable bonds is 6. The van der Waals surface area contributed by atoms with Crippen LogP contribution in [0.4, 0.5) is 5.82 Å². The quantitative estimate of drug-likeness (QED) is 0.805. The smallest absolute Gasteiger partial charge is 0.151 e. The highest BCUT2D eigenvalue weighted by molar-refractivity contribution is 6.29. The molecule has 90 valence electrons. The summed E-state index contributed by atoms with van der Waals surface area (Å²) in [7, 11) is 0. The molecule has 0 unspecified atom stereocenters. The molecule has 0 saturated carbocycles. The number of aromatic nitrogens is 2. The van der Waals surface area contributed by atoms with Crippen LogP contribution >= 0.6 is 11.6 Å². The van der Waals surface area contributed by atoms with E-state index in [1.807, 2.05) is 0 Å². The van der Waals surface area contributed by atoms with Crippen molar-refractivity contribution in [3.63, 3.8) is 0 Å². The SMILES string of the molecule is CC(C)(CCCO)CNc1ccc(Cl)nn1. The number of aliphatic hydroxyl groups excluding tert-OH is 1. The number of nitrogens with zero attached hydrogens (tertiary/aromatic N) is 2. The number of nitrogens with one attached hydrogen (secondary N) is 1. The summed E-state index contributed by atoms with van der Waals surface area (Å²) in [6.45, 7) is 5.34. The maximum atomic E-state index is 8.79. The third-order valence-corrected chi connectivity index (χ3v) is 2.59. The minimum atomic E-state index is 0.129. The van der Waals surface area contributed by atoms with Gasteiger partial charge >= 0.3 is 0 Å². The average molecular weight is 244 g/mol. The third kappa shape index (κ3) is 4.77. The third-order valence-electron chi connectivity index (χ3n) is 2.39. The van der Waals surface area contributed by atoms with Crippen molar-refractivity contribution >= 4 is 17.4 Å². The van der Waals surface area contributed by atoms with Crippen LogP contribution in [0.15, 0.2) is 12.1 Å². The molecule has 0 aromatic carbocycles. The Balaban J connectivity index is 2.41. The number of hydrogen-bond acceptors (Lipinski definition) is 4. The van der Waals surface area contributed by atoms with E-state index in [0.717, 1.165) is 25.2 Å². The Morgan fingerprint density at radius 1 is 1.38 bits per heavy atom. The lowest BCUT2D eigenvalue weighted by Crippen LogP contribution is -2.23. The van der Waals surface area contributed by atoms with Crippen molar-refractivity contribution < 1.29 is 5.11 Å². The van der Waals surface area contributed by atoms with E-state index in [1.165, 1.54) is 0 Å². The predicted octanol–water partition coefficient (Wildman–Crippen LogP) is 2.34. The molecule has 1 aromatic rings. The van der Waals surface area contributed by atoms with Gasteiger partial charge in [-0.15, -0.1) is 10.2 Å². The van der Waals surface area contributed by atoms with Gasteiger partial charge in [0.2, 0.25) is 0 Å². The largest absolute Gasteiger partial charge is 0.396 e. The summed E-state index contributed by atoms with van der Waals surface area (Å²) in [5.74, 6) is 0.724. The summed E-state index contributed by atoms with van der Waals surface area (Å²) in [6.07, 6.45) is 1.79. The Bertz CT molecular complexity index is 314. The van der Waals surface area contributed by atoms with E-state index in [4.69, 9.17) is 16.7 Å². The van der Waals surface area contributed by atoms with Crippen LogP contribution in [-0.4, -0.2) is 28.5 Å². The molecule has 0 amide bonds. The number of anilines is 1. The van der Waals surface area contributed by atoms with Gasteiger partial charge in [0.15, 0.2) is 5.15 Å². The zero-order chi connectivity index (χ0) is 12.0. The normalized spacial score (nSPS) is 11.5. The first-order valence-electron chi connectivity index (χ1n) is 5.37. The average Bonchev–Trinajstić information content (AvgIpc) is 2.26. The Labute approximate surface area is 101 Å². The molecule has 0 aliphatic rings. The molecule has 2 N–H and O–H groups in total. The van der Waals surface area contributed by atoms with Crippen LogP contribution in [0, 0.1) is 5.41 Å². The first kappa shape index (κ1) is 13.2. The van der Waals surface area contributed by atoms with Crippen molar-refractivity contribution in [1.29, 1.82) is 0 Å². The van der Waals surface area contributed by atoms with E-state index in [0.29, 0.717) is 5.15 Å². The van der Waals surface area contributed by atoms with Crippen LogP contribution < -0.4 is 5.32 Å². The molecule has 16 heavy (non-hydrogen) atoms. The predicted molar refractivity (Wildman–Crippen MR) is 65.6 cm³/mol. The first-order valence-corrected chi connectivity index (χ1v) is 5.75. The second-order valence-corrected chi connectivity index (χ2v) is 4.97. The molecule has 0 aliphatic heterocycles. The van der Waals surface area contributed by atoms with Gasteiger partial charge in [0.25, 0.3) is 0 Å². The van der Waals surface area contributed by atoms with Gasteiger partial charge < -0.3 is 10.4 Å². The zero-order valence-electron chi connectivity index (χ0n) is 9.70. The van der Waals surface area contributed by atoms with Crippen molar-refractivity contribution in [1.82, 2.24) is 10.2 Å². The Morgan fingerprint density at radius 2 is 2.12 bits per heavy atom. The Hall–Kier alpha value is -0.870. The van der Waals surface area contributed by atoms with Crippen LogP contribution in [0.5, 0.6) is 0 Å². The maximum absolute atomic E-state index is 8.79. The maximum Gasteiger partial charge on any atom is 0.151 e. The van der Waals surface area contributed by atoms with E-state index in [1.54, 1.807) is 12.1 Å². The molecular weight excluding hydrogens is 226 g/mol. The van der Waals surface area contributed by atoms with Crippen molar-refractivity contribution in [2.75, 3.05) is 18.5 Å². The van der Waals surface area contributed by atoms with Gasteiger partial charge in [0.1, 0.15) is 5.82 Å². The van der Waals surface area contributed by atoms with E-state index < -0.39 is 0 Å². The van der Waals surface area contributed by atoms with Gasteiger partial charge in [-0.05, 0) is 30.4 Å². The highest BCUT2D eigenvalue weighted by Crippen LogP contribution is 2.22. The molecule has 4 nitrogen and oxygen atoms in total. The van der Waals surface area contributed by atoms with Gasteiger partial charge in [-0.2, -0.15) is 0 Å². The van der Waals surface area contributed by atoms with Gasteiger partial charge in [-0.3, -0.25) is 0 Å². The van der Waals surface area contributed by atoms with E-state index >= 15 is 0 Å². The highest BCUT2D eigenvalue weighted by Gasteiger charge is 2.17. The Kier molecular flexibility index (Phi) is 4.96. The summed E-state index contributed by atoms with van der Waals surface area (Å²) in [4.78, 5) is 0. The number of aliphatic hydroxyl groups is 1. The topological polar surface area (TPSA) is 58.0 Å². The standard InChI is InChI=1S/C11H18ClN3O/c1-11(2,6-3-7-16)8-13-10-5-4-9(12)14-15-10/h4-5,16H,3,6-8H2,1-2H3,(H,13,15). The molecule has 5 heteroatoms. The second-order valence-electron chi connectivity index (χ2n) is 4.59. The van der Waals surface area contributed by atoms with Crippen LogP contribution in [0.1, 0.15) is 26.7 Å². The van der Waals surface area contributed by atoms with Crippen LogP contribution in [0.2, 0.25) is 5.15 Å². The molecular formula is C11H18ClN3O. The summed E-state index contributed by atoms with van der Waals surface area (Å²) in [5, 5.41) is 20.1. The molecule has 0 atom stereocenters. The number of halogens is 1. The fourth-order valence-electron chi connectivity index (χ4n) is 1.39. The molecule has 1 aromatic heterocycles. The van der Waals surface area contributed by atoms with Crippen LogP contribution in [-0.2, 0) is 0 Å². The van der Waals surface area contributed by atoms with Crippen molar-refractivity contribution in [2.45, 2.75) is 26.7 Å². The van der Waals surface area contributed by atoms with Gasteiger partial charge in [-0.1, -0.05) is 25.4 Å². The van der Waals surface area contributed by atoms with Crippen LogP contribution in [0.3, 0.4) is 0 Å². The molecule has 0 fully saturated rings. The van der Waals surface area contributed by atoms with Gasteiger partial charge in [0.05, 0.1) is 0 Å². The monoisotopic (exact) mass is 243 g/mol. The first-order chi connectivity index (χ1) is 7.53. The lowest BCUT2D eigenvalue weighted by Gasteiger charge is -2.24. The van der Waals surface area contributed by atoms with Crippen molar-refractivity contribution in [3.05, 3.63) is 17.3 Å². The van der Waals surface area contributed by atoms with Crippen LogP contribution in [0.25, 0.3) is 0 Å². The minimum Gasteiger partial charge on any atom is -0.396 e. The highest BCUT2D eigenvalue weighted by atomic mass is 35.5. The molecule has 0 saturated heterocycles. The van der Waals surface area contributed by atoms with E-state index in [-0.39, 0.29) is 12.0 Å². The fraction of sp³-hybridized carbons (Fsp3) is 0.636. The summed E-state index contributed by atoms with van der Waals surface area (Å²) in [5.41, 5.74) is 0.129. The molecule has 0 bridgehead atoms. The minimum absolute atomic E-state index is 0.129. The van der Waals surface area contributed by atoms with E-state index in [9.17, 15) is 0 Å². The second kappa shape index (κ2) is 6.01. The van der Waals surface area contributed by atoms with Crippen molar-refractivity contribution in [2.24, 2.45) is 5.41 Å². The summed E-state index contributed by atoms with van der Waals surface area (Å²) in [6, 6.07) is 3.51. The fourth-order valence-corrected chi connectivity index (χ4v) is 1.49. The van der Waals surface area contributed by atoms with Crippen molar-refractivity contribution in [3.8, 4) is 0 Å². The number of hydrogen-bond donors (Lipinski definition) is 2. The lowest BCUT2D eigenvalue weighted by atomic mass is 9.88. The van der Waals surface area contributed by atoms with Gasteiger partial charge in [0, 0.05) is 13.2 Å². The molecule has 1 heterocycles. The molecule has 1 rings (SSSR count).